The predicted molar refractivity (Wildman–Crippen MR) is 112 cm³/mol. The molecule has 0 aromatic heterocycles. The first-order valence-electron chi connectivity index (χ1n) is 11.9. The van der Waals surface area contributed by atoms with Crippen molar-refractivity contribution in [3.05, 3.63) is 11.6 Å². The van der Waals surface area contributed by atoms with E-state index in [2.05, 4.69) is 19.9 Å². The first-order chi connectivity index (χ1) is 13.8. The van der Waals surface area contributed by atoms with Gasteiger partial charge >= 0.3 is 11.9 Å². The Morgan fingerprint density at radius 2 is 1.66 bits per heavy atom. The standard InChI is InChI=1S/C25H38O4/c1-5-22(26)28-17-11-13-24(3)16(15-17)7-8-18-19-9-10-21(29-23(27)6-2)25(19,4)14-12-20(18)24/h15,17-21H,5-14H2,1-4H3/t17-,18-,19-,20-,21-,24?,25?/m0/s1. The molecule has 0 aliphatic heterocycles. The largest absolute Gasteiger partial charge is 0.462 e. The topological polar surface area (TPSA) is 52.6 Å². The second-order valence-electron chi connectivity index (χ2n) is 10.4. The Morgan fingerprint density at radius 1 is 0.931 bits per heavy atom. The molecule has 0 bridgehead atoms. The molecular weight excluding hydrogens is 364 g/mol. The molecule has 0 aromatic rings. The summed E-state index contributed by atoms with van der Waals surface area (Å²) in [4.78, 5) is 23.7. The van der Waals surface area contributed by atoms with Crippen molar-refractivity contribution < 1.29 is 19.1 Å². The van der Waals surface area contributed by atoms with Gasteiger partial charge in [-0.15, -0.1) is 0 Å². The fourth-order valence-electron chi connectivity index (χ4n) is 7.43. The number of allylic oxidation sites excluding steroid dienone is 1. The molecule has 4 rings (SSSR count). The van der Waals surface area contributed by atoms with Crippen LogP contribution in [-0.4, -0.2) is 24.1 Å². The highest BCUT2D eigenvalue weighted by Crippen LogP contribution is 2.65. The number of esters is 2. The lowest BCUT2D eigenvalue weighted by Crippen LogP contribution is -2.52. The Morgan fingerprint density at radius 3 is 2.38 bits per heavy atom. The number of rotatable bonds is 4. The highest BCUT2D eigenvalue weighted by atomic mass is 16.5. The molecule has 4 aliphatic carbocycles. The van der Waals surface area contributed by atoms with Crippen LogP contribution in [0.3, 0.4) is 0 Å². The van der Waals surface area contributed by atoms with Crippen molar-refractivity contribution in [2.24, 2.45) is 28.6 Å². The van der Waals surface area contributed by atoms with Gasteiger partial charge in [0.15, 0.2) is 0 Å². The van der Waals surface area contributed by atoms with Crippen molar-refractivity contribution in [2.45, 2.75) is 104 Å². The van der Waals surface area contributed by atoms with Crippen LogP contribution < -0.4 is 0 Å². The van der Waals surface area contributed by atoms with Crippen LogP contribution in [0.1, 0.15) is 91.9 Å². The van der Waals surface area contributed by atoms with Gasteiger partial charge in [-0.05, 0) is 80.6 Å². The smallest absolute Gasteiger partial charge is 0.306 e. The van der Waals surface area contributed by atoms with Gasteiger partial charge in [-0.2, -0.15) is 0 Å². The van der Waals surface area contributed by atoms with E-state index in [0.29, 0.717) is 24.7 Å². The highest BCUT2D eigenvalue weighted by molar-refractivity contribution is 5.69. The van der Waals surface area contributed by atoms with Crippen LogP contribution in [0.5, 0.6) is 0 Å². The molecule has 0 heterocycles. The monoisotopic (exact) mass is 402 g/mol. The molecule has 0 saturated heterocycles. The first-order valence-corrected chi connectivity index (χ1v) is 11.9. The van der Waals surface area contributed by atoms with Crippen LogP contribution >= 0.6 is 0 Å². The van der Waals surface area contributed by atoms with E-state index < -0.39 is 0 Å². The van der Waals surface area contributed by atoms with E-state index in [9.17, 15) is 9.59 Å². The van der Waals surface area contributed by atoms with Crippen molar-refractivity contribution in [3.8, 4) is 0 Å². The molecule has 0 spiro atoms. The number of carbonyl (C=O) groups is 2. The molecule has 2 unspecified atom stereocenters. The second-order valence-corrected chi connectivity index (χ2v) is 10.4. The van der Waals surface area contributed by atoms with Gasteiger partial charge in [0, 0.05) is 18.3 Å². The summed E-state index contributed by atoms with van der Waals surface area (Å²) in [5.74, 6) is 1.99. The molecule has 0 amide bonds. The molecular formula is C25H38O4. The van der Waals surface area contributed by atoms with E-state index in [-0.39, 0.29) is 35.0 Å². The lowest BCUT2D eigenvalue weighted by molar-refractivity contribution is -0.159. The predicted octanol–water partition coefficient (Wildman–Crippen LogP) is 5.59. The van der Waals surface area contributed by atoms with Gasteiger partial charge in [-0.1, -0.05) is 33.3 Å². The molecule has 4 nitrogen and oxygen atoms in total. The molecule has 4 aliphatic rings. The lowest BCUT2D eigenvalue weighted by Gasteiger charge is -2.58. The fraction of sp³-hybridized carbons (Fsp3) is 0.840. The summed E-state index contributed by atoms with van der Waals surface area (Å²) < 4.78 is 11.6. The second kappa shape index (κ2) is 7.74. The maximum Gasteiger partial charge on any atom is 0.306 e. The SMILES string of the molecule is CCC(=O)O[C@@H]1C=C2CC[C@@H]3[C@H](CCC4(C)[C@@H](OC(=O)CC)CC[C@@H]34)C2(C)CC1. The van der Waals surface area contributed by atoms with Crippen LogP contribution in [0.25, 0.3) is 0 Å². The number of hydrogen-bond acceptors (Lipinski definition) is 4. The third-order valence-corrected chi connectivity index (χ3v) is 9.12. The summed E-state index contributed by atoms with van der Waals surface area (Å²) in [5.41, 5.74) is 1.93. The van der Waals surface area contributed by atoms with Gasteiger partial charge in [0.05, 0.1) is 0 Å². The maximum atomic E-state index is 12.0. The van der Waals surface area contributed by atoms with Gasteiger partial charge in [0.1, 0.15) is 12.2 Å². The molecule has 7 atom stereocenters. The van der Waals surface area contributed by atoms with Crippen molar-refractivity contribution in [1.82, 2.24) is 0 Å². The van der Waals surface area contributed by atoms with Crippen molar-refractivity contribution in [1.29, 1.82) is 0 Å². The Hall–Kier alpha value is -1.32. The minimum Gasteiger partial charge on any atom is -0.462 e. The minimum atomic E-state index is -0.0869. The van der Waals surface area contributed by atoms with E-state index in [1.807, 2.05) is 13.8 Å². The van der Waals surface area contributed by atoms with Gasteiger partial charge in [-0.25, -0.2) is 0 Å². The first kappa shape index (κ1) is 20.9. The lowest BCUT2D eigenvalue weighted by atomic mass is 9.47. The molecule has 0 N–H and O–H groups in total. The van der Waals surface area contributed by atoms with Crippen LogP contribution in [0.4, 0.5) is 0 Å². The van der Waals surface area contributed by atoms with E-state index >= 15 is 0 Å². The third-order valence-electron chi connectivity index (χ3n) is 9.12. The van der Waals surface area contributed by atoms with Gasteiger partial charge in [0.25, 0.3) is 0 Å². The summed E-state index contributed by atoms with van der Waals surface area (Å²) in [6.45, 7) is 8.61. The summed E-state index contributed by atoms with van der Waals surface area (Å²) in [5, 5.41) is 0. The van der Waals surface area contributed by atoms with Crippen molar-refractivity contribution in [2.75, 3.05) is 0 Å². The maximum absolute atomic E-state index is 12.0. The van der Waals surface area contributed by atoms with Crippen LogP contribution in [-0.2, 0) is 19.1 Å². The van der Waals surface area contributed by atoms with E-state index in [1.54, 1.807) is 0 Å². The third kappa shape index (κ3) is 3.45. The number of fused-ring (bicyclic) bond motifs is 5. The minimum absolute atomic E-state index is 0.0275. The number of hydrogen-bond donors (Lipinski definition) is 0. The van der Waals surface area contributed by atoms with E-state index in [4.69, 9.17) is 9.47 Å². The average Bonchev–Trinajstić information content (AvgIpc) is 3.04. The Labute approximate surface area is 175 Å². The fourth-order valence-corrected chi connectivity index (χ4v) is 7.43. The summed E-state index contributed by atoms with van der Waals surface area (Å²) in [7, 11) is 0. The molecule has 3 fully saturated rings. The van der Waals surface area contributed by atoms with Crippen LogP contribution in [0, 0.1) is 28.6 Å². The Kier molecular flexibility index (Phi) is 5.59. The van der Waals surface area contributed by atoms with Crippen molar-refractivity contribution in [3.63, 3.8) is 0 Å². The summed E-state index contributed by atoms with van der Waals surface area (Å²) >= 11 is 0. The summed E-state index contributed by atoms with van der Waals surface area (Å²) in [6, 6.07) is 0. The van der Waals surface area contributed by atoms with Crippen LogP contribution in [0.2, 0.25) is 0 Å². The molecule has 29 heavy (non-hydrogen) atoms. The Balaban J connectivity index is 1.52. The zero-order chi connectivity index (χ0) is 20.8. The van der Waals surface area contributed by atoms with Crippen molar-refractivity contribution >= 4 is 11.9 Å². The molecule has 0 radical (unpaired) electrons. The summed E-state index contributed by atoms with van der Waals surface area (Å²) in [6.07, 6.45) is 12.4. The zero-order valence-electron chi connectivity index (χ0n) is 18.7. The molecule has 0 aromatic carbocycles. The van der Waals surface area contributed by atoms with E-state index in [1.165, 1.54) is 24.8 Å². The Bertz CT molecular complexity index is 697. The highest BCUT2D eigenvalue weighted by Gasteiger charge is 2.60. The number of carbonyl (C=O) groups excluding carboxylic acids is 2. The quantitative estimate of drug-likeness (QED) is 0.454. The molecule has 3 saturated carbocycles. The number of ether oxygens (including phenoxy) is 2. The van der Waals surface area contributed by atoms with E-state index in [0.717, 1.165) is 38.0 Å². The molecule has 4 heteroatoms. The molecule has 162 valence electrons. The van der Waals surface area contributed by atoms with Gasteiger partial charge < -0.3 is 9.47 Å². The van der Waals surface area contributed by atoms with Gasteiger partial charge in [0.2, 0.25) is 0 Å². The zero-order valence-corrected chi connectivity index (χ0v) is 18.7. The van der Waals surface area contributed by atoms with Crippen LogP contribution in [0.15, 0.2) is 11.6 Å². The normalized spacial score (nSPS) is 43.4. The van der Waals surface area contributed by atoms with Gasteiger partial charge in [-0.3, -0.25) is 9.59 Å². The average molecular weight is 403 g/mol.